The zero-order chi connectivity index (χ0) is 17.5. The van der Waals surface area contributed by atoms with Crippen LogP contribution in [-0.4, -0.2) is 56.3 Å². The van der Waals surface area contributed by atoms with E-state index in [0.717, 1.165) is 45.1 Å². The highest BCUT2D eigenvalue weighted by molar-refractivity contribution is 14.0. The molecule has 0 spiro atoms. The predicted octanol–water partition coefficient (Wildman–Crippen LogP) is 2.92. The second kappa shape index (κ2) is 10.5. The molecule has 2 aliphatic heterocycles. The monoisotopic (exact) mass is 472 g/mol. The van der Waals surface area contributed by atoms with Crippen LogP contribution >= 0.6 is 24.0 Å². The van der Waals surface area contributed by atoms with E-state index < -0.39 is 0 Å². The van der Waals surface area contributed by atoms with Gasteiger partial charge in [0.15, 0.2) is 5.96 Å². The number of nitrogens with zero attached hydrogens (tertiary/aromatic N) is 2. The van der Waals surface area contributed by atoms with Gasteiger partial charge in [-0.1, -0.05) is 29.8 Å². The Morgan fingerprint density at radius 3 is 2.58 bits per heavy atom. The Morgan fingerprint density at radius 1 is 1.19 bits per heavy atom. The molecular formula is C20H33IN4O. The summed E-state index contributed by atoms with van der Waals surface area (Å²) in [6, 6.07) is 8.59. The van der Waals surface area contributed by atoms with Crippen LogP contribution in [0.15, 0.2) is 29.3 Å². The number of benzene rings is 1. The normalized spacial score (nSPS) is 20.5. The molecule has 5 nitrogen and oxygen atoms in total. The minimum atomic E-state index is 0. The van der Waals surface area contributed by atoms with Crippen molar-refractivity contribution < 1.29 is 4.74 Å². The van der Waals surface area contributed by atoms with Gasteiger partial charge < -0.3 is 15.4 Å². The minimum Gasteiger partial charge on any atom is -0.381 e. The fourth-order valence-electron chi connectivity index (χ4n) is 4.02. The first-order chi connectivity index (χ1) is 12.2. The third-order valence-corrected chi connectivity index (χ3v) is 5.55. The van der Waals surface area contributed by atoms with E-state index in [0.29, 0.717) is 0 Å². The molecule has 2 aliphatic rings. The third-order valence-electron chi connectivity index (χ3n) is 5.55. The molecule has 0 bridgehead atoms. The maximum absolute atomic E-state index is 5.63. The van der Waals surface area contributed by atoms with Gasteiger partial charge >= 0.3 is 0 Å². The molecule has 0 saturated carbocycles. The summed E-state index contributed by atoms with van der Waals surface area (Å²) in [5.74, 6) is 0.881. The standard InChI is InChI=1S/C20H32N4O.HI/c1-17-6-5-7-18(14-17)15-22-19(21-2)23-16-20(8-12-25-13-9-20)24-10-3-4-11-24;/h5-7,14H,3-4,8-13,15-16H2,1-2H3,(H2,21,22,23);1H. The van der Waals surface area contributed by atoms with Gasteiger partial charge in [-0.15, -0.1) is 24.0 Å². The molecule has 0 aromatic heterocycles. The van der Waals surface area contributed by atoms with Gasteiger partial charge in [-0.05, 0) is 51.3 Å². The average Bonchev–Trinajstić information content (AvgIpc) is 3.18. The van der Waals surface area contributed by atoms with E-state index in [9.17, 15) is 0 Å². The molecule has 1 aromatic rings. The molecule has 2 heterocycles. The number of halogens is 1. The molecule has 6 heteroatoms. The Kier molecular flexibility index (Phi) is 8.63. The van der Waals surface area contributed by atoms with E-state index in [1.54, 1.807) is 0 Å². The molecule has 26 heavy (non-hydrogen) atoms. The molecule has 0 unspecified atom stereocenters. The number of nitrogens with one attached hydrogen (secondary N) is 2. The second-order valence-electron chi connectivity index (χ2n) is 7.30. The van der Waals surface area contributed by atoms with Gasteiger partial charge in [0.05, 0.1) is 0 Å². The lowest BCUT2D eigenvalue weighted by Gasteiger charge is -2.45. The summed E-state index contributed by atoms with van der Waals surface area (Å²) in [7, 11) is 1.85. The Bertz CT molecular complexity index is 581. The molecule has 2 fully saturated rings. The molecule has 1 aromatic carbocycles. The topological polar surface area (TPSA) is 48.9 Å². The molecule has 146 valence electrons. The van der Waals surface area contributed by atoms with Crippen LogP contribution in [0.4, 0.5) is 0 Å². The zero-order valence-electron chi connectivity index (χ0n) is 16.1. The number of aliphatic imine (C=N–C) groups is 1. The molecule has 2 N–H and O–H groups in total. The SMILES string of the molecule is CN=C(NCc1cccc(C)c1)NCC1(N2CCCC2)CCOCC1.I. The zero-order valence-corrected chi connectivity index (χ0v) is 18.4. The first-order valence-electron chi connectivity index (χ1n) is 9.55. The van der Waals surface area contributed by atoms with Gasteiger partial charge in [0.2, 0.25) is 0 Å². The average molecular weight is 472 g/mol. The van der Waals surface area contributed by atoms with E-state index in [-0.39, 0.29) is 29.5 Å². The fraction of sp³-hybridized carbons (Fsp3) is 0.650. The van der Waals surface area contributed by atoms with Gasteiger partial charge in [-0.3, -0.25) is 9.89 Å². The van der Waals surface area contributed by atoms with E-state index >= 15 is 0 Å². The van der Waals surface area contributed by atoms with Gasteiger partial charge in [0, 0.05) is 38.9 Å². The Labute approximate surface area is 175 Å². The summed E-state index contributed by atoms with van der Waals surface area (Å²) < 4.78 is 5.63. The van der Waals surface area contributed by atoms with Crippen molar-refractivity contribution in [3.05, 3.63) is 35.4 Å². The third kappa shape index (κ3) is 5.57. The van der Waals surface area contributed by atoms with Crippen LogP contribution in [0, 0.1) is 6.92 Å². The predicted molar refractivity (Wildman–Crippen MR) is 118 cm³/mol. The molecule has 2 saturated heterocycles. The van der Waals surface area contributed by atoms with E-state index in [1.807, 2.05) is 7.05 Å². The second-order valence-corrected chi connectivity index (χ2v) is 7.30. The largest absolute Gasteiger partial charge is 0.381 e. The maximum atomic E-state index is 5.63. The molecule has 0 radical (unpaired) electrons. The van der Waals surface area contributed by atoms with Crippen LogP contribution in [0.3, 0.4) is 0 Å². The Hall–Kier alpha value is -0.860. The number of ether oxygens (including phenoxy) is 1. The van der Waals surface area contributed by atoms with Gasteiger partial charge in [0.1, 0.15) is 0 Å². The number of hydrogen-bond donors (Lipinski definition) is 2. The Balaban J connectivity index is 0.00000243. The van der Waals surface area contributed by atoms with Crippen molar-refractivity contribution >= 4 is 29.9 Å². The number of guanidine groups is 1. The summed E-state index contributed by atoms with van der Waals surface area (Å²) in [6.45, 7) is 8.03. The lowest BCUT2D eigenvalue weighted by molar-refractivity contribution is -0.0164. The van der Waals surface area contributed by atoms with Gasteiger partial charge in [-0.25, -0.2) is 0 Å². The molecule has 0 aliphatic carbocycles. The van der Waals surface area contributed by atoms with Crippen LogP contribution in [0.1, 0.15) is 36.8 Å². The highest BCUT2D eigenvalue weighted by atomic mass is 127. The number of aryl methyl sites for hydroxylation is 1. The molecule has 0 amide bonds. The van der Waals surface area contributed by atoms with Crippen LogP contribution in [0.25, 0.3) is 0 Å². The van der Waals surface area contributed by atoms with E-state index in [1.165, 1.54) is 37.1 Å². The van der Waals surface area contributed by atoms with Crippen molar-refractivity contribution in [2.24, 2.45) is 4.99 Å². The fourth-order valence-corrected chi connectivity index (χ4v) is 4.02. The number of hydrogen-bond acceptors (Lipinski definition) is 3. The van der Waals surface area contributed by atoms with Crippen molar-refractivity contribution in [3.8, 4) is 0 Å². The lowest BCUT2D eigenvalue weighted by Crippen LogP contribution is -2.58. The first kappa shape index (κ1) is 21.4. The van der Waals surface area contributed by atoms with E-state index in [2.05, 4.69) is 51.7 Å². The van der Waals surface area contributed by atoms with Crippen molar-refractivity contribution in [1.29, 1.82) is 0 Å². The van der Waals surface area contributed by atoms with Crippen LogP contribution in [0.2, 0.25) is 0 Å². The molecular weight excluding hydrogens is 439 g/mol. The summed E-state index contributed by atoms with van der Waals surface area (Å²) >= 11 is 0. The number of likely N-dealkylation sites (tertiary alicyclic amines) is 1. The number of rotatable bonds is 5. The summed E-state index contributed by atoms with van der Waals surface area (Å²) in [5.41, 5.74) is 2.79. The van der Waals surface area contributed by atoms with Crippen molar-refractivity contribution in [1.82, 2.24) is 15.5 Å². The van der Waals surface area contributed by atoms with Crippen LogP contribution in [-0.2, 0) is 11.3 Å². The quantitative estimate of drug-likeness (QED) is 0.393. The minimum absolute atomic E-state index is 0. The maximum Gasteiger partial charge on any atom is 0.191 e. The van der Waals surface area contributed by atoms with Crippen molar-refractivity contribution in [3.63, 3.8) is 0 Å². The Morgan fingerprint density at radius 2 is 1.92 bits per heavy atom. The van der Waals surface area contributed by atoms with E-state index in [4.69, 9.17) is 4.74 Å². The summed E-state index contributed by atoms with van der Waals surface area (Å²) in [6.07, 6.45) is 4.86. The smallest absolute Gasteiger partial charge is 0.191 e. The summed E-state index contributed by atoms with van der Waals surface area (Å²) in [5, 5.41) is 7.03. The van der Waals surface area contributed by atoms with Crippen LogP contribution < -0.4 is 10.6 Å². The first-order valence-corrected chi connectivity index (χ1v) is 9.55. The van der Waals surface area contributed by atoms with Crippen LogP contribution in [0.5, 0.6) is 0 Å². The lowest BCUT2D eigenvalue weighted by atomic mass is 9.88. The van der Waals surface area contributed by atoms with Gasteiger partial charge in [-0.2, -0.15) is 0 Å². The molecule has 0 atom stereocenters. The highest BCUT2D eigenvalue weighted by Gasteiger charge is 2.39. The van der Waals surface area contributed by atoms with Crippen molar-refractivity contribution in [2.45, 2.75) is 44.7 Å². The molecule has 3 rings (SSSR count). The van der Waals surface area contributed by atoms with Gasteiger partial charge in [0.25, 0.3) is 0 Å². The highest BCUT2D eigenvalue weighted by Crippen LogP contribution is 2.30. The summed E-state index contributed by atoms with van der Waals surface area (Å²) in [4.78, 5) is 7.09. The van der Waals surface area contributed by atoms with Crippen molar-refractivity contribution in [2.75, 3.05) is 39.9 Å².